The smallest absolute Gasteiger partial charge is 0.340 e. The van der Waals surface area contributed by atoms with Crippen molar-refractivity contribution in [1.82, 2.24) is 4.98 Å². The molecule has 0 bridgehead atoms. The van der Waals surface area contributed by atoms with Crippen molar-refractivity contribution < 1.29 is 14.3 Å². The van der Waals surface area contributed by atoms with Gasteiger partial charge in [-0.05, 0) is 18.2 Å². The largest absolute Gasteiger partial charge is 0.454 e. The highest BCUT2D eigenvalue weighted by molar-refractivity contribution is 9.10. The van der Waals surface area contributed by atoms with Crippen LogP contribution in [0.5, 0.6) is 0 Å². The van der Waals surface area contributed by atoms with E-state index in [-0.39, 0.29) is 12.4 Å². The number of aromatic nitrogens is 1. The first-order valence-corrected chi connectivity index (χ1v) is 7.46. The Kier molecular flexibility index (Phi) is 4.06. The molecule has 0 amide bonds. The lowest BCUT2D eigenvalue weighted by Gasteiger charge is -2.04. The van der Waals surface area contributed by atoms with E-state index in [1.165, 1.54) is 0 Å². The third kappa shape index (κ3) is 2.94. The van der Waals surface area contributed by atoms with Gasteiger partial charge in [0.2, 0.25) is 0 Å². The molecule has 4 nitrogen and oxygen atoms in total. The summed E-state index contributed by atoms with van der Waals surface area (Å²) in [6, 6.07) is 14.4. The van der Waals surface area contributed by atoms with Gasteiger partial charge in [0.25, 0.3) is 0 Å². The number of ketones is 1. The Bertz CT molecular complexity index is 854. The number of carbonyl (C=O) groups excluding carboxylic acids is 2. The number of aromatic amines is 1. The predicted octanol–water partition coefficient (Wildman–Crippen LogP) is 3.97. The highest BCUT2D eigenvalue weighted by Gasteiger charge is 2.15. The van der Waals surface area contributed by atoms with Crippen LogP contribution in [0.3, 0.4) is 0 Å². The highest BCUT2D eigenvalue weighted by atomic mass is 79.9. The van der Waals surface area contributed by atoms with Gasteiger partial charge >= 0.3 is 5.97 Å². The Morgan fingerprint density at radius 1 is 1.09 bits per heavy atom. The van der Waals surface area contributed by atoms with Crippen molar-refractivity contribution in [1.29, 1.82) is 0 Å². The molecule has 0 aliphatic heterocycles. The molecule has 0 radical (unpaired) electrons. The lowest BCUT2D eigenvalue weighted by molar-refractivity contribution is 0.0476. The number of para-hydroxylation sites is 1. The van der Waals surface area contributed by atoms with Gasteiger partial charge in [-0.25, -0.2) is 4.79 Å². The van der Waals surface area contributed by atoms with Crippen LogP contribution in [0.1, 0.15) is 20.7 Å². The van der Waals surface area contributed by atoms with Crippen LogP contribution in [0.25, 0.3) is 10.9 Å². The van der Waals surface area contributed by atoms with Crippen LogP contribution in [-0.4, -0.2) is 23.3 Å². The van der Waals surface area contributed by atoms with Gasteiger partial charge < -0.3 is 9.72 Å². The van der Waals surface area contributed by atoms with Crippen molar-refractivity contribution >= 4 is 38.6 Å². The normalized spacial score (nSPS) is 10.6. The fourth-order valence-electron chi connectivity index (χ4n) is 2.19. The van der Waals surface area contributed by atoms with Crippen LogP contribution in [0.15, 0.2) is 59.2 Å². The maximum atomic E-state index is 12.1. The van der Waals surface area contributed by atoms with Gasteiger partial charge in [0.15, 0.2) is 12.4 Å². The third-order valence-electron chi connectivity index (χ3n) is 3.29. The number of rotatable bonds is 4. The topological polar surface area (TPSA) is 59.2 Å². The SMILES string of the molecule is O=C(COC(=O)c1c[nH]c2ccccc12)c1cccc(Br)c1. The number of fused-ring (bicyclic) bond motifs is 1. The van der Waals surface area contributed by atoms with Gasteiger partial charge in [-0.3, -0.25) is 4.79 Å². The number of hydrogen-bond acceptors (Lipinski definition) is 3. The number of ether oxygens (including phenoxy) is 1. The van der Waals surface area contributed by atoms with Gasteiger partial charge in [0.1, 0.15) is 0 Å². The molecule has 3 rings (SSSR count). The molecule has 0 fully saturated rings. The molecule has 0 spiro atoms. The minimum Gasteiger partial charge on any atom is -0.454 e. The molecule has 0 aliphatic rings. The fraction of sp³-hybridized carbons (Fsp3) is 0.0588. The Hall–Kier alpha value is -2.40. The number of esters is 1. The monoisotopic (exact) mass is 357 g/mol. The first-order valence-electron chi connectivity index (χ1n) is 6.67. The van der Waals surface area contributed by atoms with E-state index in [1.807, 2.05) is 30.3 Å². The maximum absolute atomic E-state index is 12.1. The summed E-state index contributed by atoms with van der Waals surface area (Å²) in [5.41, 5.74) is 1.78. The number of H-pyrrole nitrogens is 1. The number of halogens is 1. The number of benzene rings is 2. The Morgan fingerprint density at radius 3 is 2.73 bits per heavy atom. The zero-order chi connectivity index (χ0) is 15.5. The molecule has 22 heavy (non-hydrogen) atoms. The lowest BCUT2D eigenvalue weighted by Crippen LogP contribution is -2.14. The first kappa shape index (κ1) is 14.5. The van der Waals surface area contributed by atoms with Crippen molar-refractivity contribution in [3.05, 3.63) is 70.3 Å². The minimum absolute atomic E-state index is 0.241. The summed E-state index contributed by atoms with van der Waals surface area (Å²) in [5.74, 6) is -0.754. The molecule has 3 aromatic rings. The average molecular weight is 358 g/mol. The maximum Gasteiger partial charge on any atom is 0.340 e. The van der Waals surface area contributed by atoms with E-state index >= 15 is 0 Å². The molecule has 5 heteroatoms. The summed E-state index contributed by atoms with van der Waals surface area (Å²) in [4.78, 5) is 27.2. The number of nitrogens with one attached hydrogen (secondary N) is 1. The lowest BCUT2D eigenvalue weighted by atomic mass is 10.1. The molecule has 0 unspecified atom stereocenters. The molecular formula is C17H12BrNO3. The number of Topliss-reactive ketones (excluding diaryl/α,β-unsaturated/α-hetero) is 1. The van der Waals surface area contributed by atoms with E-state index in [0.717, 1.165) is 15.4 Å². The summed E-state index contributed by atoms with van der Waals surface area (Å²) in [5, 5.41) is 0.780. The van der Waals surface area contributed by atoms with Crippen molar-refractivity contribution in [2.45, 2.75) is 0 Å². The predicted molar refractivity (Wildman–Crippen MR) is 87.1 cm³/mol. The molecule has 110 valence electrons. The molecular weight excluding hydrogens is 346 g/mol. The van der Waals surface area contributed by atoms with Gasteiger partial charge in [-0.2, -0.15) is 0 Å². The van der Waals surface area contributed by atoms with E-state index in [2.05, 4.69) is 20.9 Å². The molecule has 2 aromatic carbocycles. The molecule has 1 heterocycles. The molecule has 0 saturated heterocycles. The van der Waals surface area contributed by atoms with Crippen molar-refractivity contribution in [3.8, 4) is 0 Å². The fourth-order valence-corrected chi connectivity index (χ4v) is 2.59. The summed E-state index contributed by atoms with van der Waals surface area (Å²) in [6.07, 6.45) is 1.59. The van der Waals surface area contributed by atoms with Crippen LogP contribution >= 0.6 is 15.9 Å². The Labute approximate surface area is 135 Å². The van der Waals surface area contributed by atoms with Crippen molar-refractivity contribution in [2.75, 3.05) is 6.61 Å². The summed E-state index contributed by atoms with van der Waals surface area (Å²) < 4.78 is 5.93. The van der Waals surface area contributed by atoms with Crippen molar-refractivity contribution in [3.63, 3.8) is 0 Å². The molecule has 0 aliphatic carbocycles. The van der Waals surface area contributed by atoms with E-state index < -0.39 is 5.97 Å². The van der Waals surface area contributed by atoms with Crippen LogP contribution in [0.2, 0.25) is 0 Å². The van der Waals surface area contributed by atoms with E-state index in [9.17, 15) is 9.59 Å². The minimum atomic E-state index is -0.513. The molecule has 1 N–H and O–H groups in total. The number of carbonyl (C=O) groups is 2. The van der Waals surface area contributed by atoms with Crippen LogP contribution < -0.4 is 0 Å². The van der Waals surface area contributed by atoms with Gasteiger partial charge in [-0.1, -0.05) is 46.3 Å². The van der Waals surface area contributed by atoms with Crippen LogP contribution in [0.4, 0.5) is 0 Å². The van der Waals surface area contributed by atoms with E-state index in [4.69, 9.17) is 4.74 Å². The van der Waals surface area contributed by atoms with Gasteiger partial charge in [0.05, 0.1) is 5.56 Å². The Balaban J connectivity index is 1.71. The Morgan fingerprint density at radius 2 is 1.91 bits per heavy atom. The van der Waals surface area contributed by atoms with Crippen LogP contribution in [0, 0.1) is 0 Å². The average Bonchev–Trinajstić information content (AvgIpc) is 2.96. The second kappa shape index (κ2) is 6.15. The summed E-state index contributed by atoms with van der Waals surface area (Å²) in [7, 11) is 0. The second-order valence-corrected chi connectivity index (χ2v) is 5.67. The standard InChI is InChI=1S/C17H12BrNO3/c18-12-5-3-4-11(8-12)16(20)10-22-17(21)14-9-19-15-7-2-1-6-13(14)15/h1-9,19H,10H2. The zero-order valence-electron chi connectivity index (χ0n) is 11.5. The zero-order valence-corrected chi connectivity index (χ0v) is 13.1. The van der Waals surface area contributed by atoms with E-state index in [0.29, 0.717) is 11.1 Å². The van der Waals surface area contributed by atoms with Crippen LogP contribution in [-0.2, 0) is 4.74 Å². The highest BCUT2D eigenvalue weighted by Crippen LogP contribution is 2.18. The van der Waals surface area contributed by atoms with Crippen molar-refractivity contribution in [2.24, 2.45) is 0 Å². The molecule has 0 atom stereocenters. The number of hydrogen-bond donors (Lipinski definition) is 1. The molecule has 0 saturated carbocycles. The quantitative estimate of drug-likeness (QED) is 0.567. The van der Waals surface area contributed by atoms with Gasteiger partial charge in [0, 0.05) is 27.1 Å². The molecule has 1 aromatic heterocycles. The van der Waals surface area contributed by atoms with Gasteiger partial charge in [-0.15, -0.1) is 0 Å². The first-order chi connectivity index (χ1) is 10.6. The second-order valence-electron chi connectivity index (χ2n) is 4.76. The third-order valence-corrected chi connectivity index (χ3v) is 3.78. The summed E-state index contributed by atoms with van der Waals surface area (Å²) in [6.45, 7) is -0.283. The van der Waals surface area contributed by atoms with E-state index in [1.54, 1.807) is 24.4 Å². The summed E-state index contributed by atoms with van der Waals surface area (Å²) >= 11 is 3.31.